The standard InChI is InChI=1S/C17H22N2/c1-13-7-14(2)9-16(8-13)12-19(3)17-6-4-5-15(10-17)11-18/h4-10H,11-12,18H2,1-3H3. The molecule has 0 aliphatic carbocycles. The molecule has 0 aromatic heterocycles. The van der Waals surface area contributed by atoms with E-state index in [1.54, 1.807) is 0 Å². The zero-order valence-electron chi connectivity index (χ0n) is 12.0. The molecule has 0 bridgehead atoms. The first kappa shape index (κ1) is 13.6. The van der Waals surface area contributed by atoms with Crippen molar-refractivity contribution >= 4 is 5.69 Å². The van der Waals surface area contributed by atoms with E-state index in [9.17, 15) is 0 Å². The van der Waals surface area contributed by atoms with Gasteiger partial charge in [0, 0.05) is 25.8 Å². The minimum absolute atomic E-state index is 0.589. The van der Waals surface area contributed by atoms with Crippen molar-refractivity contribution < 1.29 is 0 Å². The molecule has 0 radical (unpaired) electrons. The topological polar surface area (TPSA) is 29.3 Å². The van der Waals surface area contributed by atoms with Crippen LogP contribution in [-0.2, 0) is 13.1 Å². The Bertz CT molecular complexity index is 541. The molecule has 0 aliphatic heterocycles. The fourth-order valence-corrected chi connectivity index (χ4v) is 2.45. The third-order valence-corrected chi connectivity index (χ3v) is 3.29. The van der Waals surface area contributed by atoms with Crippen LogP contribution in [0, 0.1) is 13.8 Å². The number of anilines is 1. The molecule has 0 saturated carbocycles. The summed E-state index contributed by atoms with van der Waals surface area (Å²) in [5, 5.41) is 0. The normalized spacial score (nSPS) is 10.5. The van der Waals surface area contributed by atoms with Gasteiger partial charge in [-0.3, -0.25) is 0 Å². The molecule has 0 aliphatic rings. The summed E-state index contributed by atoms with van der Waals surface area (Å²) in [4.78, 5) is 2.26. The first-order valence-corrected chi connectivity index (χ1v) is 6.66. The minimum atomic E-state index is 0.589. The molecule has 2 nitrogen and oxygen atoms in total. The number of nitrogens with two attached hydrogens (primary N) is 1. The van der Waals surface area contributed by atoms with Crippen molar-refractivity contribution in [2.24, 2.45) is 5.73 Å². The van der Waals surface area contributed by atoms with Crippen LogP contribution in [0.5, 0.6) is 0 Å². The van der Waals surface area contributed by atoms with Crippen molar-refractivity contribution in [2.45, 2.75) is 26.9 Å². The van der Waals surface area contributed by atoms with Crippen molar-refractivity contribution in [3.05, 3.63) is 64.7 Å². The number of aryl methyl sites for hydroxylation is 2. The van der Waals surface area contributed by atoms with Crippen LogP contribution in [0.3, 0.4) is 0 Å². The first-order chi connectivity index (χ1) is 9.08. The highest BCUT2D eigenvalue weighted by molar-refractivity contribution is 5.48. The van der Waals surface area contributed by atoms with Gasteiger partial charge in [-0.1, -0.05) is 41.5 Å². The predicted octanol–water partition coefficient (Wildman–Crippen LogP) is 3.40. The molecule has 2 heteroatoms. The predicted molar refractivity (Wildman–Crippen MR) is 82.4 cm³/mol. The molecular weight excluding hydrogens is 232 g/mol. The van der Waals surface area contributed by atoms with Crippen LogP contribution in [0.25, 0.3) is 0 Å². The maximum absolute atomic E-state index is 5.69. The van der Waals surface area contributed by atoms with Crippen LogP contribution in [-0.4, -0.2) is 7.05 Å². The summed E-state index contributed by atoms with van der Waals surface area (Å²) in [5.74, 6) is 0. The molecule has 2 aromatic rings. The molecule has 100 valence electrons. The van der Waals surface area contributed by atoms with E-state index in [2.05, 4.69) is 68.3 Å². The molecule has 0 fully saturated rings. The molecule has 2 rings (SSSR count). The van der Waals surface area contributed by atoms with Crippen LogP contribution in [0.1, 0.15) is 22.3 Å². The minimum Gasteiger partial charge on any atom is -0.370 e. The van der Waals surface area contributed by atoms with Crippen molar-refractivity contribution in [1.82, 2.24) is 0 Å². The molecule has 2 N–H and O–H groups in total. The zero-order valence-corrected chi connectivity index (χ0v) is 12.0. The van der Waals surface area contributed by atoms with Gasteiger partial charge in [-0.25, -0.2) is 0 Å². The molecule has 0 amide bonds. The van der Waals surface area contributed by atoms with Crippen molar-refractivity contribution in [3.63, 3.8) is 0 Å². The van der Waals surface area contributed by atoms with Gasteiger partial charge in [0.1, 0.15) is 0 Å². The van der Waals surface area contributed by atoms with Crippen molar-refractivity contribution in [1.29, 1.82) is 0 Å². The summed E-state index contributed by atoms with van der Waals surface area (Å²) >= 11 is 0. The van der Waals surface area contributed by atoms with Crippen molar-refractivity contribution in [2.75, 3.05) is 11.9 Å². The Kier molecular flexibility index (Phi) is 4.23. The maximum Gasteiger partial charge on any atom is 0.0426 e. The second-order valence-electron chi connectivity index (χ2n) is 5.23. The third kappa shape index (κ3) is 3.58. The lowest BCUT2D eigenvalue weighted by molar-refractivity contribution is 0.916. The SMILES string of the molecule is Cc1cc(C)cc(CN(C)c2cccc(CN)c2)c1. The highest BCUT2D eigenvalue weighted by atomic mass is 15.1. The van der Waals surface area contributed by atoms with Crippen molar-refractivity contribution in [3.8, 4) is 0 Å². The second-order valence-corrected chi connectivity index (χ2v) is 5.23. The molecule has 0 heterocycles. The van der Waals surface area contributed by atoms with E-state index < -0.39 is 0 Å². The summed E-state index contributed by atoms with van der Waals surface area (Å²) < 4.78 is 0. The van der Waals surface area contributed by atoms with Gasteiger partial charge in [0.15, 0.2) is 0 Å². The van der Waals surface area contributed by atoms with E-state index in [-0.39, 0.29) is 0 Å². The van der Waals surface area contributed by atoms with Crippen LogP contribution < -0.4 is 10.6 Å². The fourth-order valence-electron chi connectivity index (χ4n) is 2.45. The molecule has 0 saturated heterocycles. The molecule has 2 aromatic carbocycles. The monoisotopic (exact) mass is 254 g/mol. The lowest BCUT2D eigenvalue weighted by Gasteiger charge is -2.20. The maximum atomic E-state index is 5.69. The lowest BCUT2D eigenvalue weighted by atomic mass is 10.1. The smallest absolute Gasteiger partial charge is 0.0426 e. The Hall–Kier alpha value is -1.80. The van der Waals surface area contributed by atoms with Gasteiger partial charge in [0.2, 0.25) is 0 Å². The molecule has 0 atom stereocenters. The molecule has 0 spiro atoms. The highest BCUT2D eigenvalue weighted by Gasteiger charge is 2.04. The molecular formula is C17H22N2. The Labute approximate surface area is 115 Å². The van der Waals surface area contributed by atoms with E-state index in [4.69, 9.17) is 5.73 Å². The Morgan fingerprint density at radius 2 is 1.63 bits per heavy atom. The van der Waals surface area contributed by atoms with E-state index in [0.717, 1.165) is 6.54 Å². The van der Waals surface area contributed by atoms with E-state index in [1.807, 2.05) is 0 Å². The van der Waals surface area contributed by atoms with Gasteiger partial charge < -0.3 is 10.6 Å². The highest BCUT2D eigenvalue weighted by Crippen LogP contribution is 2.18. The summed E-state index contributed by atoms with van der Waals surface area (Å²) in [6.07, 6.45) is 0. The van der Waals surface area contributed by atoms with E-state index in [1.165, 1.54) is 27.9 Å². The molecule has 0 unspecified atom stereocenters. The van der Waals surface area contributed by atoms with Gasteiger partial charge in [0.05, 0.1) is 0 Å². The molecule has 19 heavy (non-hydrogen) atoms. The zero-order chi connectivity index (χ0) is 13.8. The van der Waals surface area contributed by atoms with Gasteiger partial charge in [-0.2, -0.15) is 0 Å². The van der Waals surface area contributed by atoms with E-state index in [0.29, 0.717) is 6.54 Å². The number of nitrogens with zero attached hydrogens (tertiary/aromatic N) is 1. The van der Waals surface area contributed by atoms with E-state index >= 15 is 0 Å². The number of rotatable bonds is 4. The Morgan fingerprint density at radius 3 is 2.26 bits per heavy atom. The summed E-state index contributed by atoms with van der Waals surface area (Å²) in [7, 11) is 2.12. The summed E-state index contributed by atoms with van der Waals surface area (Å²) in [6, 6.07) is 15.1. The fraction of sp³-hybridized carbons (Fsp3) is 0.294. The van der Waals surface area contributed by atoms with Gasteiger partial charge in [-0.15, -0.1) is 0 Å². The summed E-state index contributed by atoms with van der Waals surface area (Å²) in [6.45, 7) is 5.79. The van der Waals surface area contributed by atoms with Crippen LogP contribution in [0.2, 0.25) is 0 Å². The van der Waals surface area contributed by atoms with Crippen LogP contribution in [0.4, 0.5) is 5.69 Å². The third-order valence-electron chi connectivity index (χ3n) is 3.29. The number of hydrogen-bond acceptors (Lipinski definition) is 2. The number of benzene rings is 2. The lowest BCUT2D eigenvalue weighted by Crippen LogP contribution is -2.16. The average molecular weight is 254 g/mol. The largest absolute Gasteiger partial charge is 0.370 e. The van der Waals surface area contributed by atoms with Gasteiger partial charge >= 0.3 is 0 Å². The van der Waals surface area contributed by atoms with Crippen LogP contribution >= 0.6 is 0 Å². The Morgan fingerprint density at radius 1 is 0.947 bits per heavy atom. The second kappa shape index (κ2) is 5.89. The van der Waals surface area contributed by atoms with Gasteiger partial charge in [-0.05, 0) is 37.1 Å². The summed E-state index contributed by atoms with van der Waals surface area (Å²) in [5.41, 5.74) is 12.1. The van der Waals surface area contributed by atoms with Gasteiger partial charge in [0.25, 0.3) is 0 Å². The number of hydrogen-bond donors (Lipinski definition) is 1. The first-order valence-electron chi connectivity index (χ1n) is 6.66. The average Bonchev–Trinajstić information content (AvgIpc) is 2.37. The quantitative estimate of drug-likeness (QED) is 0.906. The Balaban J connectivity index is 2.17. The van der Waals surface area contributed by atoms with Crippen LogP contribution in [0.15, 0.2) is 42.5 Å².